The van der Waals surface area contributed by atoms with E-state index in [4.69, 9.17) is 0 Å². The average Bonchev–Trinajstić information content (AvgIpc) is 3.04. The van der Waals surface area contributed by atoms with Gasteiger partial charge in [0.05, 0.1) is 23.3 Å². The summed E-state index contributed by atoms with van der Waals surface area (Å²) in [5, 5.41) is 27.0. The van der Waals surface area contributed by atoms with E-state index < -0.39 is 4.92 Å². The molecule has 1 unspecified atom stereocenters. The van der Waals surface area contributed by atoms with E-state index in [1.807, 2.05) is 13.8 Å². The molecular formula is C16H20N4O4. The molecule has 0 radical (unpaired) electrons. The molecule has 8 heteroatoms. The van der Waals surface area contributed by atoms with Crippen LogP contribution in [0, 0.1) is 16.0 Å². The van der Waals surface area contributed by atoms with E-state index in [1.54, 1.807) is 18.3 Å². The van der Waals surface area contributed by atoms with Crippen molar-refractivity contribution in [3.05, 3.63) is 52.3 Å². The van der Waals surface area contributed by atoms with Crippen LogP contribution in [0.3, 0.4) is 0 Å². The maximum Gasteiger partial charge on any atom is 0.272 e. The molecule has 0 spiro atoms. The van der Waals surface area contributed by atoms with Crippen molar-refractivity contribution in [2.45, 2.75) is 26.3 Å². The standard InChI is InChI=1S/C16H20N4O4/c1-11(2)8-12(10-21)17-16(22)15-6-7-19(18-15)13-4-3-5-14(9-13)20(23)24/h3-7,9,11-12,21H,8,10H2,1-2H3,(H,17,22). The summed E-state index contributed by atoms with van der Waals surface area (Å²) in [6, 6.07) is 7.18. The number of hydrogen-bond acceptors (Lipinski definition) is 5. The second-order valence-electron chi connectivity index (χ2n) is 5.91. The van der Waals surface area contributed by atoms with Gasteiger partial charge in [-0.15, -0.1) is 0 Å². The number of aromatic nitrogens is 2. The highest BCUT2D eigenvalue weighted by Crippen LogP contribution is 2.16. The fourth-order valence-corrected chi connectivity index (χ4v) is 2.35. The van der Waals surface area contributed by atoms with Crippen molar-refractivity contribution in [2.24, 2.45) is 5.92 Å². The summed E-state index contributed by atoms with van der Waals surface area (Å²) in [5.74, 6) is -0.0521. The van der Waals surface area contributed by atoms with E-state index >= 15 is 0 Å². The molecule has 0 aliphatic heterocycles. The first-order valence-corrected chi connectivity index (χ1v) is 7.63. The minimum absolute atomic E-state index is 0.0497. The van der Waals surface area contributed by atoms with Gasteiger partial charge in [0.25, 0.3) is 11.6 Å². The first-order valence-electron chi connectivity index (χ1n) is 7.63. The summed E-state index contributed by atoms with van der Waals surface area (Å²) < 4.78 is 1.40. The van der Waals surface area contributed by atoms with Gasteiger partial charge in [-0.25, -0.2) is 4.68 Å². The number of rotatable bonds is 7. The molecule has 0 aliphatic carbocycles. The molecule has 1 atom stereocenters. The molecule has 0 bridgehead atoms. The summed E-state index contributed by atoms with van der Waals surface area (Å²) in [7, 11) is 0. The number of non-ortho nitro benzene ring substituents is 1. The Hall–Kier alpha value is -2.74. The number of amides is 1. The highest BCUT2D eigenvalue weighted by molar-refractivity contribution is 5.92. The molecule has 8 nitrogen and oxygen atoms in total. The molecule has 0 fully saturated rings. The lowest BCUT2D eigenvalue weighted by Crippen LogP contribution is -2.38. The number of aliphatic hydroxyl groups is 1. The first-order chi connectivity index (χ1) is 11.4. The molecule has 1 aromatic carbocycles. The molecule has 128 valence electrons. The number of aliphatic hydroxyl groups excluding tert-OH is 1. The molecule has 0 saturated heterocycles. The van der Waals surface area contributed by atoms with Gasteiger partial charge in [0, 0.05) is 18.3 Å². The lowest BCUT2D eigenvalue weighted by molar-refractivity contribution is -0.384. The first kappa shape index (κ1) is 17.6. The third-order valence-corrected chi connectivity index (χ3v) is 3.44. The van der Waals surface area contributed by atoms with Crippen LogP contribution in [0.2, 0.25) is 0 Å². The van der Waals surface area contributed by atoms with Crippen molar-refractivity contribution >= 4 is 11.6 Å². The third kappa shape index (κ3) is 4.39. The van der Waals surface area contributed by atoms with Crippen molar-refractivity contribution < 1.29 is 14.8 Å². The SMILES string of the molecule is CC(C)CC(CO)NC(=O)c1ccn(-c2cccc([N+](=O)[O-])c2)n1. The largest absolute Gasteiger partial charge is 0.394 e. The molecule has 1 amide bonds. The predicted molar refractivity (Wildman–Crippen MR) is 88.0 cm³/mol. The van der Waals surface area contributed by atoms with Crippen LogP contribution < -0.4 is 5.32 Å². The van der Waals surface area contributed by atoms with E-state index in [-0.39, 0.29) is 29.9 Å². The lowest BCUT2D eigenvalue weighted by atomic mass is 10.0. The van der Waals surface area contributed by atoms with Crippen LogP contribution in [-0.2, 0) is 0 Å². The maximum absolute atomic E-state index is 12.2. The van der Waals surface area contributed by atoms with Gasteiger partial charge in [0.15, 0.2) is 5.69 Å². The Kier molecular flexibility index (Phi) is 5.64. The van der Waals surface area contributed by atoms with Crippen LogP contribution in [0.25, 0.3) is 5.69 Å². The van der Waals surface area contributed by atoms with Crippen molar-refractivity contribution in [1.29, 1.82) is 0 Å². The number of nitrogens with one attached hydrogen (secondary N) is 1. The van der Waals surface area contributed by atoms with Crippen molar-refractivity contribution in [2.75, 3.05) is 6.61 Å². The fourth-order valence-electron chi connectivity index (χ4n) is 2.35. The summed E-state index contributed by atoms with van der Waals surface area (Å²) in [6.07, 6.45) is 2.22. The molecule has 24 heavy (non-hydrogen) atoms. The Bertz CT molecular complexity index is 726. The van der Waals surface area contributed by atoms with Gasteiger partial charge in [-0.05, 0) is 24.5 Å². The second kappa shape index (κ2) is 7.69. The number of nitro benzene ring substituents is 1. The summed E-state index contributed by atoms with van der Waals surface area (Å²) in [6.45, 7) is 3.87. The summed E-state index contributed by atoms with van der Waals surface area (Å²) in [5.41, 5.74) is 0.624. The van der Waals surface area contributed by atoms with Gasteiger partial charge < -0.3 is 10.4 Å². The van der Waals surface area contributed by atoms with E-state index in [9.17, 15) is 20.0 Å². The molecule has 2 aromatic rings. The quantitative estimate of drug-likeness (QED) is 0.594. The van der Waals surface area contributed by atoms with Crippen LogP contribution in [0.5, 0.6) is 0 Å². The van der Waals surface area contributed by atoms with Gasteiger partial charge in [-0.1, -0.05) is 19.9 Å². The Morgan fingerprint density at radius 3 is 2.79 bits per heavy atom. The van der Waals surface area contributed by atoms with E-state index in [2.05, 4.69) is 10.4 Å². The third-order valence-electron chi connectivity index (χ3n) is 3.44. The normalized spacial score (nSPS) is 12.2. The molecule has 2 rings (SSSR count). The molecule has 2 N–H and O–H groups in total. The minimum Gasteiger partial charge on any atom is -0.394 e. The van der Waals surface area contributed by atoms with Crippen LogP contribution in [-0.4, -0.2) is 38.4 Å². The number of carbonyl (C=O) groups is 1. The average molecular weight is 332 g/mol. The van der Waals surface area contributed by atoms with Crippen molar-refractivity contribution in [1.82, 2.24) is 15.1 Å². The maximum atomic E-state index is 12.2. The highest BCUT2D eigenvalue weighted by atomic mass is 16.6. The van der Waals surface area contributed by atoms with Crippen molar-refractivity contribution in [3.63, 3.8) is 0 Å². The van der Waals surface area contributed by atoms with Gasteiger partial charge in [-0.2, -0.15) is 5.10 Å². The van der Waals surface area contributed by atoms with Crippen LogP contribution in [0.15, 0.2) is 36.5 Å². The predicted octanol–water partition coefficient (Wildman–Crippen LogP) is 1.92. The van der Waals surface area contributed by atoms with E-state index in [1.165, 1.54) is 22.9 Å². The number of hydrogen-bond donors (Lipinski definition) is 2. The van der Waals surface area contributed by atoms with Crippen LogP contribution >= 0.6 is 0 Å². The number of nitro groups is 1. The number of nitrogens with zero attached hydrogens (tertiary/aromatic N) is 3. The minimum atomic E-state index is -0.488. The zero-order valence-electron chi connectivity index (χ0n) is 13.5. The molecular weight excluding hydrogens is 312 g/mol. The van der Waals surface area contributed by atoms with E-state index in [0.29, 0.717) is 18.0 Å². The highest BCUT2D eigenvalue weighted by Gasteiger charge is 2.17. The van der Waals surface area contributed by atoms with Crippen molar-refractivity contribution in [3.8, 4) is 5.69 Å². The number of carbonyl (C=O) groups excluding carboxylic acids is 1. The smallest absolute Gasteiger partial charge is 0.272 e. The molecule has 0 saturated carbocycles. The van der Waals surface area contributed by atoms with Gasteiger partial charge in [0.2, 0.25) is 0 Å². The molecule has 0 aliphatic rings. The molecule has 1 heterocycles. The van der Waals surface area contributed by atoms with Gasteiger partial charge >= 0.3 is 0 Å². The Balaban J connectivity index is 2.13. The van der Waals surface area contributed by atoms with Gasteiger partial charge in [0.1, 0.15) is 0 Å². The topological polar surface area (TPSA) is 110 Å². The summed E-state index contributed by atoms with van der Waals surface area (Å²) in [4.78, 5) is 22.5. The number of benzene rings is 1. The van der Waals surface area contributed by atoms with E-state index in [0.717, 1.165) is 0 Å². The monoisotopic (exact) mass is 332 g/mol. The molecule has 1 aromatic heterocycles. The Morgan fingerprint density at radius 2 is 2.17 bits per heavy atom. The zero-order chi connectivity index (χ0) is 17.7. The summed E-state index contributed by atoms with van der Waals surface area (Å²) >= 11 is 0. The van der Waals surface area contributed by atoms with Gasteiger partial charge in [-0.3, -0.25) is 14.9 Å². The Morgan fingerprint density at radius 1 is 1.42 bits per heavy atom. The van der Waals surface area contributed by atoms with Crippen LogP contribution in [0.4, 0.5) is 5.69 Å². The lowest BCUT2D eigenvalue weighted by Gasteiger charge is -2.17. The fraction of sp³-hybridized carbons (Fsp3) is 0.375. The Labute approximate surface area is 139 Å². The second-order valence-corrected chi connectivity index (χ2v) is 5.91. The van der Waals surface area contributed by atoms with Crippen LogP contribution in [0.1, 0.15) is 30.8 Å². The zero-order valence-corrected chi connectivity index (χ0v) is 13.5.